The number of hydrogen-bond acceptors (Lipinski definition) is 12. The molecule has 20 rings (SSSR count). The lowest BCUT2D eigenvalue weighted by molar-refractivity contribution is 0.0640. The molecule has 8 aromatic carbocycles. The number of aromatic nitrogens is 4. The molecule has 12 heterocycles. The number of rotatable bonds is 28. The minimum Gasteiger partial charge on any atom is -0.492 e. The predicted octanol–water partition coefficient (Wildman–Crippen LogP) is 25.7. The van der Waals surface area contributed by atoms with Gasteiger partial charge in [0.15, 0.2) is 0 Å². The number of H-pyrrole nitrogens is 4. The summed E-state index contributed by atoms with van der Waals surface area (Å²) in [7, 11) is 0. The lowest BCUT2D eigenvalue weighted by atomic mass is 9.85. The van der Waals surface area contributed by atoms with Crippen LogP contribution in [0.2, 0.25) is 0 Å². The minimum absolute atomic E-state index is 0.0262. The molecular weight excluding hydrogens is 1850 g/mol. The van der Waals surface area contributed by atoms with Crippen molar-refractivity contribution in [2.24, 2.45) is 11.3 Å². The number of hydrogen-bond donors (Lipinski definition) is 4. The highest BCUT2D eigenvalue weighted by Gasteiger charge is 2.47. The standard InChI is InChI=1S/C30H38F3N3O.2C29H36F3N3O.C29H37F2N3O/c1-20-16-23-22-10-6-7-11-26(22)34-28(23)29(36(20)19-30(2,3)33)27-24(31)17-21(18-25(27)32)37-15-14-35-12-8-4-5-9-13-35;1-19-15-22-21-9-5-6-10-25(21)33-27(22)28(35(19)18-29(2,3)32)26-23(30)16-20(17-24(26)31)36-14-13-34-11-7-4-8-12-34;1-5-19-15-34(16-19)10-11-36-20-13-23(30)26(24(31)14-20)28-27-22(21-8-6-7-9-25(21)33-27)12-18(2)35(28)17-29(3,4)32;1-19-15-22-21-9-5-6-10-25(21)32-27(22)28(34(19)18-29(2,3)4)26-23(30)16-20(17-24(26)31)35-14-13-33-11-7-8-12-33/h6-7,10-11,17-18,20,29,34H,4-5,8-9,12-16,19H2,1-3H3;5-6,9-10,16-17,19,28,33H,4,7-8,11-15,18H2,1-3H3;6-9,13-14,18-19,28,33H,5,10-12,15-17H2,1-4H3;5-6,9-10,16-17,19,28,32H,7-8,11-15,18H2,1-4H3/t20-,29-;19-,28-;18-,28-;19-,28-/m1111/s1. The zero-order valence-electron chi connectivity index (χ0n) is 86.5. The van der Waals surface area contributed by atoms with Gasteiger partial charge < -0.3 is 38.9 Å². The van der Waals surface area contributed by atoms with Gasteiger partial charge in [-0.3, -0.25) is 39.2 Å². The number of halogens is 11. The monoisotopic (exact) mass is 1990 g/mol. The molecule has 8 atom stereocenters. The molecule has 776 valence electrons. The second-order valence-electron chi connectivity index (χ2n) is 44.8. The maximum Gasteiger partial charge on any atom is 0.135 e. The van der Waals surface area contributed by atoms with Crippen LogP contribution in [0.5, 0.6) is 23.0 Å². The van der Waals surface area contributed by atoms with Crippen LogP contribution in [0.3, 0.4) is 0 Å². The predicted molar refractivity (Wildman–Crippen MR) is 554 cm³/mol. The minimum atomic E-state index is -1.53. The van der Waals surface area contributed by atoms with Gasteiger partial charge in [0.2, 0.25) is 0 Å². The van der Waals surface area contributed by atoms with Crippen LogP contribution in [-0.2, 0) is 25.7 Å². The van der Waals surface area contributed by atoms with E-state index in [4.69, 9.17) is 18.9 Å². The van der Waals surface area contributed by atoms with Crippen LogP contribution in [0, 0.1) is 57.9 Å². The fourth-order valence-corrected chi connectivity index (χ4v) is 23.6. The van der Waals surface area contributed by atoms with Crippen molar-refractivity contribution in [3.05, 3.63) is 259 Å². The highest BCUT2D eigenvalue weighted by Crippen LogP contribution is 2.51. The van der Waals surface area contributed by atoms with Gasteiger partial charge in [-0.25, -0.2) is 48.3 Å². The molecule has 144 heavy (non-hydrogen) atoms. The molecule has 4 fully saturated rings. The van der Waals surface area contributed by atoms with E-state index in [2.05, 4.69) is 85.1 Å². The number of likely N-dealkylation sites (tertiary alicyclic amines) is 4. The van der Waals surface area contributed by atoms with Crippen LogP contribution in [0.4, 0.5) is 48.3 Å². The second-order valence-corrected chi connectivity index (χ2v) is 44.8. The first-order chi connectivity index (χ1) is 68.8. The molecular formula is C117H147F11N12O4. The van der Waals surface area contributed by atoms with E-state index in [0.29, 0.717) is 45.7 Å². The number of nitrogens with zero attached hydrogens (tertiary/aromatic N) is 8. The normalized spacial score (nSPS) is 21.6. The smallest absolute Gasteiger partial charge is 0.135 e. The third kappa shape index (κ3) is 24.5. The number of ether oxygens (including phenoxy) is 4. The van der Waals surface area contributed by atoms with Gasteiger partial charge in [-0.2, -0.15) is 0 Å². The molecule has 4 saturated heterocycles. The molecule has 0 saturated carbocycles. The van der Waals surface area contributed by atoms with Crippen LogP contribution in [0.25, 0.3) is 43.6 Å². The van der Waals surface area contributed by atoms with Crippen molar-refractivity contribution in [3.63, 3.8) is 0 Å². The Hall–Kier alpha value is -9.97. The second kappa shape index (κ2) is 45.0. The summed E-state index contributed by atoms with van der Waals surface area (Å²) < 4.78 is 194. The summed E-state index contributed by atoms with van der Waals surface area (Å²) in [5.41, 5.74) is 6.41. The number of fused-ring (bicyclic) bond motifs is 12. The summed E-state index contributed by atoms with van der Waals surface area (Å²) in [6.45, 7) is 39.7. The summed E-state index contributed by atoms with van der Waals surface area (Å²) in [4.78, 5) is 30.9. The van der Waals surface area contributed by atoms with Gasteiger partial charge >= 0.3 is 0 Å². The molecule has 0 unspecified atom stereocenters. The topological polar surface area (TPSA) is 126 Å². The van der Waals surface area contributed by atoms with Gasteiger partial charge in [-0.1, -0.05) is 126 Å². The summed E-state index contributed by atoms with van der Waals surface area (Å²) in [5, 5.41) is 4.27. The molecule has 0 bridgehead atoms. The lowest BCUT2D eigenvalue weighted by Gasteiger charge is -2.44. The Kier molecular flexibility index (Phi) is 32.9. The highest BCUT2D eigenvalue weighted by molar-refractivity contribution is 5.88. The molecule has 0 amide bonds. The number of piperidine rings is 1. The van der Waals surface area contributed by atoms with E-state index in [-0.39, 0.29) is 94.5 Å². The van der Waals surface area contributed by atoms with Crippen molar-refractivity contribution < 1.29 is 67.2 Å². The van der Waals surface area contributed by atoms with Gasteiger partial charge in [0.05, 0.1) is 24.2 Å². The average Bonchev–Trinajstić information content (AvgIpc) is 1.56. The average molecular weight is 1990 g/mol. The zero-order valence-corrected chi connectivity index (χ0v) is 86.5. The Balaban J connectivity index is 0.000000132. The third-order valence-corrected chi connectivity index (χ3v) is 30.4. The van der Waals surface area contributed by atoms with Crippen molar-refractivity contribution >= 4 is 43.6 Å². The van der Waals surface area contributed by atoms with Gasteiger partial charge in [0, 0.05) is 227 Å². The molecule has 16 nitrogen and oxygen atoms in total. The Bertz CT molecular complexity index is 6290. The van der Waals surface area contributed by atoms with Crippen LogP contribution < -0.4 is 18.9 Å². The number of aromatic amines is 4. The summed E-state index contributed by atoms with van der Waals surface area (Å²) in [6.07, 6.45) is 14.9. The van der Waals surface area contributed by atoms with E-state index in [9.17, 15) is 13.2 Å². The Morgan fingerprint density at radius 2 is 0.514 bits per heavy atom. The maximum atomic E-state index is 15.7. The van der Waals surface area contributed by atoms with Crippen LogP contribution in [-0.4, -0.2) is 231 Å². The first-order valence-corrected chi connectivity index (χ1v) is 52.6. The molecule has 8 aliphatic heterocycles. The lowest BCUT2D eigenvalue weighted by Crippen LogP contribution is -2.48. The fraction of sp³-hybridized carbons (Fsp3) is 0.521. The highest BCUT2D eigenvalue weighted by atomic mass is 19.2. The summed E-state index contributed by atoms with van der Waals surface area (Å²) in [6, 6.07) is 39.1. The van der Waals surface area contributed by atoms with Gasteiger partial charge in [0.25, 0.3) is 0 Å². The first kappa shape index (κ1) is 105. The van der Waals surface area contributed by atoms with E-state index < -0.39 is 87.7 Å². The van der Waals surface area contributed by atoms with E-state index in [1.807, 2.05) is 126 Å². The maximum absolute atomic E-state index is 15.7. The van der Waals surface area contributed by atoms with E-state index in [1.165, 1.54) is 154 Å². The van der Waals surface area contributed by atoms with Gasteiger partial charge in [0.1, 0.15) is 113 Å². The van der Waals surface area contributed by atoms with Gasteiger partial charge in [-0.05, 0) is 231 Å². The largest absolute Gasteiger partial charge is 0.492 e. The molecule has 0 radical (unpaired) electrons. The van der Waals surface area contributed by atoms with Crippen LogP contribution in [0.15, 0.2) is 146 Å². The zero-order chi connectivity index (χ0) is 102. The summed E-state index contributed by atoms with van der Waals surface area (Å²) >= 11 is 0. The summed E-state index contributed by atoms with van der Waals surface area (Å²) in [5.74, 6) is -3.60. The molecule has 4 aromatic heterocycles. The Morgan fingerprint density at radius 3 is 0.743 bits per heavy atom. The molecule has 8 aliphatic rings. The molecule has 12 aromatic rings. The number of nitrogens with one attached hydrogen (secondary N) is 4. The Morgan fingerprint density at radius 1 is 0.299 bits per heavy atom. The van der Waals surface area contributed by atoms with Crippen molar-refractivity contribution in [2.75, 3.05) is 131 Å². The quantitative estimate of drug-likeness (QED) is 0.0349. The van der Waals surface area contributed by atoms with Crippen LogP contribution >= 0.6 is 0 Å². The molecule has 0 aliphatic carbocycles. The van der Waals surface area contributed by atoms with E-state index >= 15 is 35.1 Å². The SMILES string of the molecule is CCC1CN(CCOc2cc(F)c([C@@H]3c4[nH]c5ccccc5c4C[C@@H](C)N3CC(C)(C)F)c(F)c2)C1.C[C@@H]1Cc2c([nH]c3ccccc23)[C@@H](c2c(F)cc(OCCN3CCCC3)cc2F)N1CC(C)(C)C.C[C@@H]1Cc2c([nH]c3ccccc23)[C@@H](c2c(F)cc(OCCN3CCCCC3)cc2F)N1CC(C)(C)F.C[C@@H]1Cc2c([nH]c3ccccc23)[C@@H](c2c(F)cc(OCCN3CCCCCC3)cc2F)N1CC(C)(C)F. The Labute approximate surface area is 842 Å². The van der Waals surface area contributed by atoms with Crippen molar-refractivity contribution in [1.82, 2.24) is 59.1 Å². The number of alkyl halides is 3. The van der Waals surface area contributed by atoms with E-state index in [0.717, 1.165) is 186 Å². The van der Waals surface area contributed by atoms with Crippen molar-refractivity contribution in [1.29, 1.82) is 0 Å². The first-order valence-electron chi connectivity index (χ1n) is 52.6. The fourth-order valence-electron chi connectivity index (χ4n) is 23.6. The van der Waals surface area contributed by atoms with Crippen molar-refractivity contribution in [3.8, 4) is 23.0 Å². The van der Waals surface area contributed by atoms with Gasteiger partial charge in [-0.15, -0.1) is 0 Å². The molecule has 4 N–H and O–H groups in total. The number of para-hydroxylation sites is 4. The molecule has 27 heteroatoms. The van der Waals surface area contributed by atoms with Crippen LogP contribution in [0.1, 0.15) is 253 Å². The third-order valence-electron chi connectivity index (χ3n) is 30.4. The molecule has 0 spiro atoms. The van der Waals surface area contributed by atoms with E-state index in [1.54, 1.807) is 0 Å². The number of benzene rings is 8. The van der Waals surface area contributed by atoms with Crippen molar-refractivity contribution in [2.45, 2.75) is 252 Å².